The number of phenols is 1. The number of carbonyl (C=O) groups is 1. The molecular formula is C17H24O5. The fraction of sp³-hybridized carbons (Fsp3) is 0.588. The van der Waals surface area contributed by atoms with Crippen LogP contribution in [0.15, 0.2) is 12.1 Å². The number of hydrogen-bond acceptors (Lipinski definition) is 5. The normalized spacial score (nSPS) is 23.7. The largest absolute Gasteiger partial charge is 0.508 e. The van der Waals surface area contributed by atoms with Gasteiger partial charge in [0.1, 0.15) is 17.1 Å². The van der Waals surface area contributed by atoms with Gasteiger partial charge in [0, 0.05) is 6.07 Å². The van der Waals surface area contributed by atoms with Crippen LogP contribution in [0.25, 0.3) is 0 Å². The van der Waals surface area contributed by atoms with Crippen LogP contribution in [0.5, 0.6) is 11.5 Å². The van der Waals surface area contributed by atoms with Crippen molar-refractivity contribution in [2.45, 2.75) is 57.7 Å². The smallest absolute Gasteiger partial charge is 0.342 e. The summed E-state index contributed by atoms with van der Waals surface area (Å²) in [6.07, 6.45) is 3.73. The molecule has 1 aliphatic heterocycles. The molecular weight excluding hydrogens is 284 g/mol. The molecule has 5 nitrogen and oxygen atoms in total. The van der Waals surface area contributed by atoms with Crippen LogP contribution in [0.3, 0.4) is 0 Å². The van der Waals surface area contributed by atoms with Crippen LogP contribution in [0.4, 0.5) is 0 Å². The van der Waals surface area contributed by atoms with Crippen LogP contribution in [-0.4, -0.2) is 35.5 Å². The summed E-state index contributed by atoms with van der Waals surface area (Å²) in [7, 11) is 1.46. The van der Waals surface area contributed by atoms with Crippen molar-refractivity contribution in [3.05, 3.63) is 23.3 Å². The number of rotatable bonds is 1. The van der Waals surface area contributed by atoms with Gasteiger partial charge in [0.2, 0.25) is 0 Å². The van der Waals surface area contributed by atoms with Crippen LogP contribution in [0, 0.1) is 0 Å². The van der Waals surface area contributed by atoms with Gasteiger partial charge in [-0.05, 0) is 57.1 Å². The summed E-state index contributed by atoms with van der Waals surface area (Å²) >= 11 is 0. The number of benzene rings is 1. The SMILES string of the molecule is COc1cc(O)cc2c1C(=O)O[C@@H](C)CCCC(O)CCC2. The number of methoxy groups -OCH3 is 1. The average Bonchev–Trinajstić information content (AvgIpc) is 2.45. The first-order chi connectivity index (χ1) is 10.5. The number of aromatic hydroxyl groups is 1. The number of aliphatic hydroxyl groups is 1. The van der Waals surface area contributed by atoms with Gasteiger partial charge in [-0.25, -0.2) is 4.79 Å². The third-order valence-corrected chi connectivity index (χ3v) is 4.03. The molecule has 0 aliphatic carbocycles. The Hall–Kier alpha value is -1.75. The van der Waals surface area contributed by atoms with Crippen molar-refractivity contribution >= 4 is 5.97 Å². The van der Waals surface area contributed by atoms with Gasteiger partial charge in [-0.3, -0.25) is 0 Å². The van der Waals surface area contributed by atoms with Crippen molar-refractivity contribution in [3.63, 3.8) is 0 Å². The van der Waals surface area contributed by atoms with Crippen LogP contribution >= 0.6 is 0 Å². The quantitative estimate of drug-likeness (QED) is 0.780. The van der Waals surface area contributed by atoms with Gasteiger partial charge in [0.15, 0.2) is 0 Å². The number of fused-ring (bicyclic) bond motifs is 1. The Morgan fingerprint density at radius 2 is 1.95 bits per heavy atom. The minimum absolute atomic E-state index is 0.0593. The molecule has 1 aliphatic rings. The Bertz CT molecular complexity index is 526. The third-order valence-electron chi connectivity index (χ3n) is 4.03. The molecule has 2 rings (SSSR count). The second-order valence-electron chi connectivity index (χ2n) is 5.88. The highest BCUT2D eigenvalue weighted by Crippen LogP contribution is 2.31. The Labute approximate surface area is 130 Å². The Morgan fingerprint density at radius 1 is 1.23 bits per heavy atom. The predicted octanol–water partition coefficient (Wildman–Crippen LogP) is 2.81. The maximum atomic E-state index is 12.5. The molecule has 0 bridgehead atoms. The number of aryl methyl sites for hydroxylation is 1. The van der Waals surface area contributed by atoms with Crippen LogP contribution in [-0.2, 0) is 11.2 Å². The zero-order chi connectivity index (χ0) is 16.1. The summed E-state index contributed by atoms with van der Waals surface area (Å²) in [6, 6.07) is 2.99. The number of carbonyl (C=O) groups excluding carboxylic acids is 1. The fourth-order valence-electron chi connectivity index (χ4n) is 2.86. The first-order valence-electron chi connectivity index (χ1n) is 7.80. The molecule has 1 aromatic carbocycles. The molecule has 1 unspecified atom stereocenters. The van der Waals surface area contributed by atoms with E-state index in [1.165, 1.54) is 13.2 Å². The molecule has 0 saturated heterocycles. The fourth-order valence-corrected chi connectivity index (χ4v) is 2.86. The van der Waals surface area contributed by atoms with Gasteiger partial charge >= 0.3 is 5.97 Å². The van der Waals surface area contributed by atoms with Gasteiger partial charge in [0.05, 0.1) is 19.3 Å². The van der Waals surface area contributed by atoms with Gasteiger partial charge in [-0.2, -0.15) is 0 Å². The monoisotopic (exact) mass is 308 g/mol. The second-order valence-corrected chi connectivity index (χ2v) is 5.88. The van der Waals surface area contributed by atoms with Gasteiger partial charge in [-0.1, -0.05) is 0 Å². The van der Waals surface area contributed by atoms with Gasteiger partial charge < -0.3 is 19.7 Å². The molecule has 5 heteroatoms. The summed E-state index contributed by atoms with van der Waals surface area (Å²) in [5.74, 6) is -0.0330. The lowest BCUT2D eigenvalue weighted by Gasteiger charge is -2.20. The molecule has 0 fully saturated rings. The number of aliphatic hydroxyl groups excluding tert-OH is 1. The van der Waals surface area contributed by atoms with E-state index in [0.717, 1.165) is 25.7 Å². The zero-order valence-corrected chi connectivity index (χ0v) is 13.2. The standard InChI is InChI=1S/C17H24O5/c1-11-5-3-7-13(18)8-4-6-12-9-14(19)10-15(21-2)16(12)17(20)22-11/h9-11,13,18-19H,3-8H2,1-2H3/t11-,13?/m0/s1. The van der Waals surface area contributed by atoms with Gasteiger partial charge in [-0.15, -0.1) is 0 Å². The van der Waals surface area contributed by atoms with Crippen molar-refractivity contribution in [1.82, 2.24) is 0 Å². The van der Waals surface area contributed by atoms with E-state index >= 15 is 0 Å². The lowest BCUT2D eigenvalue weighted by molar-refractivity contribution is 0.0303. The van der Waals surface area contributed by atoms with Crippen molar-refractivity contribution in [2.75, 3.05) is 7.11 Å². The maximum Gasteiger partial charge on any atom is 0.342 e. The maximum absolute atomic E-state index is 12.5. The lowest BCUT2D eigenvalue weighted by atomic mass is 9.97. The highest BCUT2D eigenvalue weighted by atomic mass is 16.5. The minimum atomic E-state index is -0.416. The van der Waals surface area contributed by atoms with E-state index in [1.54, 1.807) is 6.07 Å². The van der Waals surface area contributed by atoms with E-state index in [1.807, 2.05) is 6.92 Å². The predicted molar refractivity (Wildman–Crippen MR) is 82.3 cm³/mol. The molecule has 0 radical (unpaired) electrons. The van der Waals surface area contributed by atoms with E-state index < -0.39 is 5.97 Å². The summed E-state index contributed by atoms with van der Waals surface area (Å²) < 4.78 is 10.7. The molecule has 22 heavy (non-hydrogen) atoms. The van der Waals surface area contributed by atoms with Gasteiger partial charge in [0.25, 0.3) is 0 Å². The molecule has 0 spiro atoms. The highest BCUT2D eigenvalue weighted by molar-refractivity contribution is 5.94. The van der Waals surface area contributed by atoms with Crippen molar-refractivity contribution in [1.29, 1.82) is 0 Å². The average molecular weight is 308 g/mol. The van der Waals surface area contributed by atoms with Crippen LogP contribution < -0.4 is 4.74 Å². The van der Waals surface area contributed by atoms with Crippen LogP contribution in [0.1, 0.15) is 54.9 Å². The van der Waals surface area contributed by atoms with E-state index in [9.17, 15) is 15.0 Å². The zero-order valence-electron chi connectivity index (χ0n) is 13.2. The van der Waals surface area contributed by atoms with E-state index in [4.69, 9.17) is 9.47 Å². The first kappa shape index (κ1) is 16.6. The summed E-state index contributed by atoms with van der Waals surface area (Å²) in [5.41, 5.74) is 1.07. The third kappa shape index (κ3) is 4.13. The lowest BCUT2D eigenvalue weighted by Crippen LogP contribution is -2.19. The number of ether oxygens (including phenoxy) is 2. The van der Waals surface area contributed by atoms with E-state index in [-0.39, 0.29) is 18.0 Å². The molecule has 122 valence electrons. The molecule has 2 N–H and O–H groups in total. The number of hydrogen-bond donors (Lipinski definition) is 2. The topological polar surface area (TPSA) is 76.0 Å². The molecule has 1 aromatic rings. The molecule has 0 amide bonds. The Kier molecular flexibility index (Phi) is 5.66. The van der Waals surface area contributed by atoms with Crippen LogP contribution in [0.2, 0.25) is 0 Å². The van der Waals surface area contributed by atoms with E-state index in [2.05, 4.69) is 0 Å². The van der Waals surface area contributed by atoms with E-state index in [0.29, 0.717) is 29.7 Å². The molecule has 2 atom stereocenters. The van der Waals surface area contributed by atoms with Crippen molar-refractivity contribution in [2.24, 2.45) is 0 Å². The number of esters is 1. The Balaban J connectivity index is 2.36. The summed E-state index contributed by atoms with van der Waals surface area (Å²) in [6.45, 7) is 1.85. The first-order valence-corrected chi connectivity index (χ1v) is 7.80. The molecule has 1 heterocycles. The second kappa shape index (κ2) is 7.49. The summed E-state index contributed by atoms with van der Waals surface area (Å²) in [4.78, 5) is 12.5. The number of cyclic esters (lactones) is 1. The summed E-state index contributed by atoms with van der Waals surface area (Å²) in [5, 5.41) is 19.8. The minimum Gasteiger partial charge on any atom is -0.508 e. The van der Waals surface area contributed by atoms with Crippen molar-refractivity contribution < 1.29 is 24.5 Å². The van der Waals surface area contributed by atoms with Crippen molar-refractivity contribution in [3.8, 4) is 11.5 Å². The number of phenolic OH excluding ortho intramolecular Hbond substituents is 1. The highest BCUT2D eigenvalue weighted by Gasteiger charge is 2.23. The molecule has 0 saturated carbocycles. The molecule has 0 aromatic heterocycles. The Morgan fingerprint density at radius 3 is 2.68 bits per heavy atom.